The van der Waals surface area contributed by atoms with E-state index in [1.807, 2.05) is 0 Å². The summed E-state index contributed by atoms with van der Waals surface area (Å²) in [5, 5.41) is 3.44. The van der Waals surface area contributed by atoms with Crippen molar-refractivity contribution in [1.82, 2.24) is 15.3 Å². The summed E-state index contributed by atoms with van der Waals surface area (Å²) in [6.07, 6.45) is -3.06. The van der Waals surface area contributed by atoms with Crippen LogP contribution in [0.25, 0.3) is 10.9 Å². The lowest BCUT2D eigenvalue weighted by Crippen LogP contribution is -2.44. The van der Waals surface area contributed by atoms with Gasteiger partial charge < -0.3 is 10.1 Å². The number of fused-ring (bicyclic) bond motifs is 1. The fourth-order valence-corrected chi connectivity index (χ4v) is 2.87. The Bertz CT molecular complexity index is 1090. The Morgan fingerprint density at radius 3 is 2.55 bits per heavy atom. The van der Waals surface area contributed by atoms with Crippen molar-refractivity contribution in [2.45, 2.75) is 25.1 Å². The standard InChI is InChI=1S/C20H14F3N3O3/c21-20(22,23)12-2-6-18(24-10-12)29-15-3-5-16-11(7-15)1-4-17(26-16)19(28)25-13-8-14(27)9-13/h1-7,10,13H,8-9H2,(H,25,28). The van der Waals surface area contributed by atoms with E-state index in [1.165, 1.54) is 0 Å². The Hall–Kier alpha value is -3.49. The molecule has 0 spiro atoms. The first-order valence-corrected chi connectivity index (χ1v) is 8.72. The number of ether oxygens (including phenoxy) is 1. The van der Waals surface area contributed by atoms with Gasteiger partial charge in [0.2, 0.25) is 5.88 Å². The first-order valence-electron chi connectivity index (χ1n) is 8.72. The molecule has 1 fully saturated rings. The third-order valence-electron chi connectivity index (χ3n) is 4.46. The second kappa shape index (κ2) is 7.16. The number of amides is 1. The molecule has 2 heterocycles. The normalized spacial score (nSPS) is 14.5. The maximum Gasteiger partial charge on any atom is 0.417 e. The SMILES string of the molecule is O=C1CC(NC(=O)c2ccc3cc(Oc4ccc(C(F)(F)F)cn4)ccc3n2)C1. The largest absolute Gasteiger partial charge is 0.439 e. The summed E-state index contributed by atoms with van der Waals surface area (Å²) in [7, 11) is 0. The Kier molecular flexibility index (Phi) is 4.65. The van der Waals surface area contributed by atoms with Crippen LogP contribution in [0.15, 0.2) is 48.7 Å². The monoisotopic (exact) mass is 401 g/mol. The van der Waals surface area contributed by atoms with E-state index in [4.69, 9.17) is 4.74 Å². The maximum absolute atomic E-state index is 12.6. The summed E-state index contributed by atoms with van der Waals surface area (Å²) in [5.41, 5.74) is -0.0744. The molecule has 6 nitrogen and oxygen atoms in total. The number of hydrogen-bond acceptors (Lipinski definition) is 5. The number of rotatable bonds is 4. The zero-order valence-electron chi connectivity index (χ0n) is 14.9. The quantitative estimate of drug-likeness (QED) is 0.717. The summed E-state index contributed by atoms with van der Waals surface area (Å²) in [5.74, 6) is 0.170. The highest BCUT2D eigenvalue weighted by Gasteiger charge is 2.31. The lowest BCUT2D eigenvalue weighted by atomic mass is 9.91. The number of nitrogens with zero attached hydrogens (tertiary/aromatic N) is 2. The van der Waals surface area contributed by atoms with Gasteiger partial charge in [-0.3, -0.25) is 9.59 Å². The number of Topliss-reactive ketones (excluding diaryl/α,β-unsaturated/α-hetero) is 1. The third-order valence-corrected chi connectivity index (χ3v) is 4.46. The van der Waals surface area contributed by atoms with Gasteiger partial charge in [0, 0.05) is 36.5 Å². The zero-order chi connectivity index (χ0) is 20.6. The van der Waals surface area contributed by atoms with Crippen molar-refractivity contribution in [3.63, 3.8) is 0 Å². The van der Waals surface area contributed by atoms with Gasteiger partial charge in [0.15, 0.2) is 0 Å². The summed E-state index contributed by atoms with van der Waals surface area (Å²) in [6.45, 7) is 0. The molecule has 0 atom stereocenters. The summed E-state index contributed by atoms with van der Waals surface area (Å²) >= 11 is 0. The highest BCUT2D eigenvalue weighted by Crippen LogP contribution is 2.30. The van der Waals surface area contributed by atoms with E-state index in [-0.39, 0.29) is 29.3 Å². The van der Waals surface area contributed by atoms with Crippen LogP contribution < -0.4 is 10.1 Å². The van der Waals surface area contributed by atoms with Gasteiger partial charge in [0.25, 0.3) is 5.91 Å². The number of carbonyl (C=O) groups excluding carboxylic acids is 2. The van der Waals surface area contributed by atoms with E-state index >= 15 is 0 Å². The molecular formula is C20H14F3N3O3. The molecule has 1 aliphatic carbocycles. The number of benzene rings is 1. The molecule has 0 radical (unpaired) electrons. The molecule has 148 valence electrons. The van der Waals surface area contributed by atoms with Crippen LogP contribution in [0, 0.1) is 0 Å². The Morgan fingerprint density at radius 2 is 1.90 bits per heavy atom. The molecule has 0 bridgehead atoms. The third kappa shape index (κ3) is 4.18. The number of pyridine rings is 2. The lowest BCUT2D eigenvalue weighted by molar-refractivity contribution is -0.137. The van der Waals surface area contributed by atoms with Gasteiger partial charge in [-0.25, -0.2) is 9.97 Å². The molecule has 29 heavy (non-hydrogen) atoms. The fourth-order valence-electron chi connectivity index (χ4n) is 2.87. The van der Waals surface area contributed by atoms with Crippen molar-refractivity contribution in [1.29, 1.82) is 0 Å². The van der Waals surface area contributed by atoms with Gasteiger partial charge in [-0.05, 0) is 30.3 Å². The molecule has 1 aliphatic rings. The second-order valence-corrected chi connectivity index (χ2v) is 6.65. The predicted octanol–water partition coefficient (Wildman–Crippen LogP) is 3.90. The highest BCUT2D eigenvalue weighted by molar-refractivity contribution is 5.97. The van der Waals surface area contributed by atoms with Crippen molar-refractivity contribution in [3.8, 4) is 11.6 Å². The molecule has 0 unspecified atom stereocenters. The van der Waals surface area contributed by atoms with Crippen molar-refractivity contribution in [3.05, 3.63) is 59.9 Å². The predicted molar refractivity (Wildman–Crippen MR) is 96.6 cm³/mol. The maximum atomic E-state index is 12.6. The molecule has 2 aromatic heterocycles. The average Bonchev–Trinajstić information content (AvgIpc) is 2.66. The first kappa shape index (κ1) is 18.9. The smallest absolute Gasteiger partial charge is 0.417 e. The summed E-state index contributed by atoms with van der Waals surface area (Å²) in [4.78, 5) is 31.2. The van der Waals surface area contributed by atoms with Crippen LogP contribution in [0.5, 0.6) is 11.6 Å². The summed E-state index contributed by atoms with van der Waals surface area (Å²) < 4.78 is 43.3. The van der Waals surface area contributed by atoms with Crippen molar-refractivity contribution in [2.75, 3.05) is 0 Å². The van der Waals surface area contributed by atoms with E-state index in [2.05, 4.69) is 15.3 Å². The van der Waals surface area contributed by atoms with Crippen molar-refractivity contribution >= 4 is 22.6 Å². The van der Waals surface area contributed by atoms with Gasteiger partial charge >= 0.3 is 6.18 Å². The van der Waals surface area contributed by atoms with Crippen molar-refractivity contribution in [2.24, 2.45) is 0 Å². The van der Waals surface area contributed by atoms with Crippen LogP contribution in [0.1, 0.15) is 28.9 Å². The van der Waals surface area contributed by atoms with Gasteiger partial charge in [-0.1, -0.05) is 6.07 Å². The van der Waals surface area contributed by atoms with E-state index in [0.29, 0.717) is 35.7 Å². The Labute approximate surface area is 162 Å². The second-order valence-electron chi connectivity index (χ2n) is 6.65. The van der Waals surface area contributed by atoms with Crippen LogP contribution in [0.2, 0.25) is 0 Å². The van der Waals surface area contributed by atoms with Crippen LogP contribution in [-0.4, -0.2) is 27.7 Å². The molecule has 9 heteroatoms. The molecule has 1 amide bonds. The highest BCUT2D eigenvalue weighted by atomic mass is 19.4. The molecule has 1 aromatic carbocycles. The molecule has 3 aromatic rings. The minimum atomic E-state index is -4.46. The molecule has 1 N–H and O–H groups in total. The number of carbonyl (C=O) groups is 2. The molecule has 0 saturated heterocycles. The Morgan fingerprint density at radius 1 is 1.10 bits per heavy atom. The Balaban J connectivity index is 1.48. The number of aromatic nitrogens is 2. The fraction of sp³-hybridized carbons (Fsp3) is 0.200. The number of alkyl halides is 3. The van der Waals surface area contributed by atoms with Gasteiger partial charge in [-0.2, -0.15) is 13.2 Å². The molecule has 1 saturated carbocycles. The minimum absolute atomic E-state index is 0.0244. The van der Waals surface area contributed by atoms with Crippen LogP contribution in [0.3, 0.4) is 0 Å². The van der Waals surface area contributed by atoms with Gasteiger partial charge in [0.1, 0.15) is 17.2 Å². The number of ketones is 1. The minimum Gasteiger partial charge on any atom is -0.439 e. The van der Waals surface area contributed by atoms with Crippen molar-refractivity contribution < 1.29 is 27.5 Å². The average molecular weight is 401 g/mol. The molecular weight excluding hydrogens is 387 g/mol. The van der Waals surface area contributed by atoms with E-state index < -0.39 is 11.7 Å². The molecule has 0 aliphatic heterocycles. The van der Waals surface area contributed by atoms with E-state index in [9.17, 15) is 22.8 Å². The first-order chi connectivity index (χ1) is 13.8. The number of halogens is 3. The summed E-state index contributed by atoms with van der Waals surface area (Å²) in [6, 6.07) is 10.0. The lowest BCUT2D eigenvalue weighted by Gasteiger charge is -2.24. The van der Waals surface area contributed by atoms with E-state index in [1.54, 1.807) is 30.3 Å². The van der Waals surface area contributed by atoms with Crippen LogP contribution in [-0.2, 0) is 11.0 Å². The topological polar surface area (TPSA) is 81.2 Å². The molecule has 4 rings (SSSR count). The van der Waals surface area contributed by atoms with Gasteiger partial charge in [0.05, 0.1) is 11.1 Å². The number of nitrogens with one attached hydrogen (secondary N) is 1. The number of hydrogen-bond donors (Lipinski definition) is 1. The van der Waals surface area contributed by atoms with Gasteiger partial charge in [-0.15, -0.1) is 0 Å². The zero-order valence-corrected chi connectivity index (χ0v) is 14.9. The van der Waals surface area contributed by atoms with Crippen LogP contribution >= 0.6 is 0 Å². The van der Waals surface area contributed by atoms with Crippen LogP contribution in [0.4, 0.5) is 13.2 Å². The van der Waals surface area contributed by atoms with E-state index in [0.717, 1.165) is 12.1 Å².